The number of hydrogen-bond acceptors (Lipinski definition) is 7. The Labute approximate surface area is 190 Å². The van der Waals surface area contributed by atoms with Crippen LogP contribution < -0.4 is 10.6 Å². The van der Waals surface area contributed by atoms with Gasteiger partial charge in [-0.2, -0.15) is 0 Å². The number of benzene rings is 1. The van der Waals surface area contributed by atoms with Gasteiger partial charge >= 0.3 is 6.03 Å². The molecule has 0 unspecified atom stereocenters. The van der Waals surface area contributed by atoms with Crippen molar-refractivity contribution in [3.8, 4) is 0 Å². The fourth-order valence-electron chi connectivity index (χ4n) is 2.58. The lowest BCUT2D eigenvalue weighted by atomic mass is 9.94. The van der Waals surface area contributed by atoms with Gasteiger partial charge in [0.1, 0.15) is 14.8 Å². The Morgan fingerprint density at radius 1 is 1.19 bits per heavy atom. The molecule has 32 heavy (non-hydrogen) atoms. The summed E-state index contributed by atoms with van der Waals surface area (Å²) in [6.45, 7) is 5.91. The number of urea groups is 1. The van der Waals surface area contributed by atoms with Crippen molar-refractivity contribution in [2.75, 3.05) is 36.2 Å². The van der Waals surface area contributed by atoms with E-state index < -0.39 is 26.7 Å². The van der Waals surface area contributed by atoms with E-state index >= 15 is 0 Å². The van der Waals surface area contributed by atoms with Crippen molar-refractivity contribution < 1.29 is 22.9 Å². The minimum Gasteiger partial charge on any atom is -0.341 e. The summed E-state index contributed by atoms with van der Waals surface area (Å²) in [5.41, 5.74) is 0.00598. The lowest BCUT2D eigenvalue weighted by Gasteiger charge is -2.17. The summed E-state index contributed by atoms with van der Waals surface area (Å²) in [4.78, 5) is 38.0. The van der Waals surface area contributed by atoms with Crippen LogP contribution >= 0.6 is 11.3 Å². The van der Waals surface area contributed by atoms with Gasteiger partial charge in [-0.3, -0.25) is 20.2 Å². The van der Waals surface area contributed by atoms with Crippen LogP contribution in [0.3, 0.4) is 0 Å². The molecule has 12 heteroatoms. The van der Waals surface area contributed by atoms with Crippen LogP contribution in [0.4, 0.5) is 21.2 Å². The number of anilines is 2. The molecule has 0 fully saturated rings. The summed E-state index contributed by atoms with van der Waals surface area (Å²) in [6, 6.07) is 6.50. The minimum absolute atomic E-state index is 0.0116. The third-order valence-electron chi connectivity index (χ3n) is 4.39. The van der Waals surface area contributed by atoms with E-state index in [0.717, 1.165) is 11.1 Å². The maximum Gasteiger partial charge on any atom is 0.324 e. The first-order valence-corrected chi connectivity index (χ1v) is 12.4. The van der Waals surface area contributed by atoms with Gasteiger partial charge in [0.25, 0.3) is 11.6 Å². The van der Waals surface area contributed by atoms with E-state index in [1.54, 1.807) is 6.07 Å². The maximum atomic E-state index is 13.0. The molecular formula is C20H26N4O6S2. The van der Waals surface area contributed by atoms with Gasteiger partial charge in [-0.25, -0.2) is 13.2 Å². The van der Waals surface area contributed by atoms with Crippen molar-refractivity contribution in [2.45, 2.75) is 26.2 Å². The van der Waals surface area contributed by atoms with Crippen molar-refractivity contribution in [1.82, 2.24) is 4.90 Å². The van der Waals surface area contributed by atoms with Gasteiger partial charge < -0.3 is 10.2 Å². The lowest BCUT2D eigenvalue weighted by Crippen LogP contribution is -2.32. The Kier molecular flexibility index (Phi) is 7.62. The van der Waals surface area contributed by atoms with Crippen LogP contribution in [0.15, 0.2) is 30.3 Å². The number of thiophene rings is 1. The fraction of sp³-hybridized carbons (Fsp3) is 0.400. The van der Waals surface area contributed by atoms with E-state index in [0.29, 0.717) is 5.00 Å². The summed E-state index contributed by atoms with van der Waals surface area (Å²) in [7, 11) is -1.75. The predicted molar refractivity (Wildman–Crippen MR) is 125 cm³/mol. The van der Waals surface area contributed by atoms with Crippen LogP contribution in [0.1, 0.15) is 36.0 Å². The van der Waals surface area contributed by atoms with Gasteiger partial charge in [0.2, 0.25) is 0 Å². The molecule has 1 heterocycles. The lowest BCUT2D eigenvalue weighted by molar-refractivity contribution is -0.384. The Morgan fingerprint density at radius 2 is 1.84 bits per heavy atom. The third kappa shape index (κ3) is 7.02. The molecule has 174 valence electrons. The number of carbonyl (C=O) groups is 2. The number of nitro benzene ring substituents is 1. The first-order chi connectivity index (χ1) is 14.7. The van der Waals surface area contributed by atoms with E-state index in [1.165, 1.54) is 47.5 Å². The summed E-state index contributed by atoms with van der Waals surface area (Å²) in [5, 5.41) is 16.4. The van der Waals surface area contributed by atoms with E-state index in [9.17, 15) is 28.1 Å². The quantitative estimate of drug-likeness (QED) is 0.455. The Bertz CT molecular complexity index is 1140. The van der Waals surface area contributed by atoms with Crippen molar-refractivity contribution in [2.24, 2.45) is 0 Å². The molecule has 0 aliphatic carbocycles. The van der Waals surface area contributed by atoms with Gasteiger partial charge in [0.15, 0.2) is 0 Å². The molecule has 1 aromatic heterocycles. The monoisotopic (exact) mass is 482 g/mol. The zero-order chi connectivity index (χ0) is 24.3. The SMILES string of the molecule is CN(CCS(C)(=O)=O)C(=O)c1cc(C(C)(C)C)sc1NC(=O)Nc1cccc([N+](=O)[O-])c1. The highest BCUT2D eigenvalue weighted by Gasteiger charge is 2.26. The molecule has 10 nitrogen and oxygen atoms in total. The van der Waals surface area contributed by atoms with Gasteiger partial charge in [0.05, 0.1) is 16.2 Å². The van der Waals surface area contributed by atoms with E-state index in [1.807, 2.05) is 20.8 Å². The highest BCUT2D eigenvalue weighted by molar-refractivity contribution is 7.90. The van der Waals surface area contributed by atoms with Crippen LogP contribution in [0.2, 0.25) is 0 Å². The largest absolute Gasteiger partial charge is 0.341 e. The van der Waals surface area contributed by atoms with Crippen molar-refractivity contribution in [1.29, 1.82) is 0 Å². The van der Waals surface area contributed by atoms with Crippen LogP contribution in [0.5, 0.6) is 0 Å². The Morgan fingerprint density at radius 3 is 2.41 bits per heavy atom. The highest BCUT2D eigenvalue weighted by Crippen LogP contribution is 2.36. The standard InChI is InChI=1S/C20H26N4O6S2/c1-20(2,3)16-12-15(18(25)23(4)9-10-32(5,29)30)17(31-16)22-19(26)21-13-7-6-8-14(11-13)24(27)28/h6-8,11-12H,9-10H2,1-5H3,(H2,21,22,26). The number of amides is 3. The summed E-state index contributed by atoms with van der Waals surface area (Å²) in [6.07, 6.45) is 1.10. The number of hydrogen-bond donors (Lipinski definition) is 2. The molecule has 1 aromatic carbocycles. The third-order valence-corrected chi connectivity index (χ3v) is 6.79. The van der Waals surface area contributed by atoms with Gasteiger partial charge in [-0.1, -0.05) is 26.8 Å². The van der Waals surface area contributed by atoms with E-state index in [2.05, 4.69) is 10.6 Å². The topological polar surface area (TPSA) is 139 Å². The molecule has 0 spiro atoms. The Hall–Kier alpha value is -2.99. The molecule has 0 saturated heterocycles. The second kappa shape index (κ2) is 9.65. The molecule has 0 bridgehead atoms. The summed E-state index contributed by atoms with van der Waals surface area (Å²) >= 11 is 1.24. The molecule has 0 aliphatic rings. The molecular weight excluding hydrogens is 456 g/mol. The number of carbonyl (C=O) groups excluding carboxylic acids is 2. The van der Waals surface area contributed by atoms with E-state index in [-0.39, 0.29) is 34.7 Å². The van der Waals surface area contributed by atoms with Crippen LogP contribution in [-0.4, -0.2) is 55.8 Å². The zero-order valence-corrected chi connectivity index (χ0v) is 20.1. The number of rotatable bonds is 7. The van der Waals surface area contributed by atoms with Gasteiger partial charge in [0, 0.05) is 42.5 Å². The number of non-ortho nitro benzene ring substituents is 1. The normalized spacial score (nSPS) is 11.7. The highest BCUT2D eigenvalue weighted by atomic mass is 32.2. The molecule has 2 N–H and O–H groups in total. The molecule has 2 aromatic rings. The Balaban J connectivity index is 2.27. The summed E-state index contributed by atoms with van der Waals surface area (Å²) < 4.78 is 22.9. The second-order valence-electron chi connectivity index (χ2n) is 8.35. The fourth-order valence-corrected chi connectivity index (χ4v) is 4.29. The first kappa shape index (κ1) is 25.3. The number of nitrogens with one attached hydrogen (secondary N) is 2. The average molecular weight is 483 g/mol. The van der Waals surface area contributed by atoms with Crippen LogP contribution in [-0.2, 0) is 15.3 Å². The van der Waals surface area contributed by atoms with Gasteiger partial charge in [-0.15, -0.1) is 11.3 Å². The van der Waals surface area contributed by atoms with Crippen LogP contribution in [0, 0.1) is 10.1 Å². The van der Waals surface area contributed by atoms with E-state index in [4.69, 9.17) is 0 Å². The maximum absolute atomic E-state index is 13.0. The van der Waals surface area contributed by atoms with Gasteiger partial charge in [-0.05, 0) is 17.5 Å². The zero-order valence-electron chi connectivity index (χ0n) is 18.5. The minimum atomic E-state index is -3.25. The molecule has 2 rings (SSSR count). The molecule has 3 amide bonds. The molecule has 0 saturated carbocycles. The second-order valence-corrected chi connectivity index (χ2v) is 11.7. The smallest absolute Gasteiger partial charge is 0.324 e. The van der Waals surface area contributed by atoms with Crippen molar-refractivity contribution >= 4 is 49.5 Å². The summed E-state index contributed by atoms with van der Waals surface area (Å²) in [5.74, 6) is -0.604. The predicted octanol–water partition coefficient (Wildman–Crippen LogP) is 3.71. The van der Waals surface area contributed by atoms with Crippen molar-refractivity contribution in [3.05, 3.63) is 50.9 Å². The molecule has 0 atom stereocenters. The molecule has 0 radical (unpaired) electrons. The number of nitro groups is 1. The number of sulfone groups is 1. The first-order valence-electron chi connectivity index (χ1n) is 9.57. The number of nitrogens with zero attached hydrogens (tertiary/aromatic N) is 2. The molecule has 0 aliphatic heterocycles. The van der Waals surface area contributed by atoms with Crippen molar-refractivity contribution in [3.63, 3.8) is 0 Å². The average Bonchev–Trinajstić information content (AvgIpc) is 3.09. The van der Waals surface area contributed by atoms with Crippen LogP contribution in [0.25, 0.3) is 0 Å².